The van der Waals surface area contributed by atoms with E-state index < -0.39 is 78.3 Å². The highest BCUT2D eigenvalue weighted by molar-refractivity contribution is 8.01. The molecule has 2 N–H and O–H groups in total. The molecule has 3 aliphatic rings. The third-order valence-corrected chi connectivity index (χ3v) is 14.2. The van der Waals surface area contributed by atoms with E-state index in [1.54, 1.807) is 0 Å². The van der Waals surface area contributed by atoms with E-state index in [0.717, 1.165) is 44.5 Å². The maximum absolute atomic E-state index is 14.6. The van der Waals surface area contributed by atoms with Gasteiger partial charge in [-0.25, -0.2) is 9.59 Å². The zero-order chi connectivity index (χ0) is 49.2. The Hall–Kier alpha value is -7.07. The standard InChI is InChI=1S/C57H54N2O11S/c1-3-32-64-53(62)47(59-56(63)67-33-46-44-30-18-16-28-42(44)43-29-17-19-31-45(43)46)34-65-55-50(58-37(2)60)52(51-48(68-55)35-66-54(70-51)38-20-8-4-9-21-38)69-49(61)36-71-57(39-22-10-5-11-23-39,40-24-12-6-13-25-40)41-26-14-7-15-27-41/h3-31,46-48,50-52,54-55H,1,32-36H2,2H3,(H,58,60)(H,59,63)/t47?,48?,50?,51-,52?,54?,55-/m1/s1. The highest BCUT2D eigenvalue weighted by Crippen LogP contribution is 2.49. The van der Waals surface area contributed by atoms with Gasteiger partial charge in [-0.2, -0.15) is 0 Å². The molecule has 0 radical (unpaired) electrons. The number of carbonyl (C=O) groups is 4. The lowest BCUT2D eigenvalue weighted by Gasteiger charge is -2.49. The van der Waals surface area contributed by atoms with Gasteiger partial charge in [0.05, 0.1) is 23.7 Å². The van der Waals surface area contributed by atoms with Crippen molar-refractivity contribution in [2.24, 2.45) is 0 Å². The maximum atomic E-state index is 14.6. The summed E-state index contributed by atoms with van der Waals surface area (Å²) in [5.74, 6) is -2.29. The van der Waals surface area contributed by atoms with E-state index in [4.69, 9.17) is 33.2 Å². The normalized spacial score (nSPS) is 20.7. The molecule has 7 atom stereocenters. The largest absolute Gasteiger partial charge is 0.460 e. The third kappa shape index (κ3) is 11.0. The quantitative estimate of drug-likeness (QED) is 0.0367. The Morgan fingerprint density at radius 3 is 1.85 bits per heavy atom. The Balaban J connectivity index is 0.970. The molecule has 1 aliphatic carbocycles. The highest BCUT2D eigenvalue weighted by atomic mass is 32.2. The van der Waals surface area contributed by atoms with Gasteiger partial charge in [0.15, 0.2) is 24.7 Å². The van der Waals surface area contributed by atoms with Gasteiger partial charge >= 0.3 is 18.0 Å². The highest BCUT2D eigenvalue weighted by Gasteiger charge is 2.53. The van der Waals surface area contributed by atoms with Crippen molar-refractivity contribution >= 4 is 35.7 Å². The van der Waals surface area contributed by atoms with Gasteiger partial charge in [0.2, 0.25) is 5.91 Å². The van der Waals surface area contributed by atoms with Gasteiger partial charge in [0.1, 0.15) is 31.5 Å². The second-order valence-corrected chi connectivity index (χ2v) is 18.4. The number of ether oxygens (including phenoxy) is 7. The molecule has 2 amide bonds. The van der Waals surface area contributed by atoms with Crippen molar-refractivity contribution in [2.75, 3.05) is 32.2 Å². The zero-order valence-corrected chi connectivity index (χ0v) is 39.8. The SMILES string of the molecule is C=CCOC(=O)C(CO[C@@H]1OC2COC(c3ccccc3)O[C@H]2C(OC(=O)CSC(c2ccccc2)(c2ccccc2)c2ccccc2)C1NC(C)=O)NC(=O)OCC1c2ccccc2-c2ccccc21. The van der Waals surface area contributed by atoms with Crippen molar-refractivity contribution < 1.29 is 52.3 Å². The molecule has 2 fully saturated rings. The Morgan fingerprint density at radius 2 is 1.28 bits per heavy atom. The van der Waals surface area contributed by atoms with Crippen molar-refractivity contribution in [1.29, 1.82) is 0 Å². The summed E-state index contributed by atoms with van der Waals surface area (Å²) in [6, 6.07) is 52.5. The minimum absolute atomic E-state index is 0.00692. The smallest absolute Gasteiger partial charge is 0.407 e. The molecule has 2 saturated heterocycles. The lowest BCUT2D eigenvalue weighted by molar-refractivity contribution is -0.345. The number of alkyl carbamates (subject to hydrolysis) is 1. The van der Waals surface area contributed by atoms with Crippen LogP contribution >= 0.6 is 11.8 Å². The Bertz CT molecular complexity index is 2640. The van der Waals surface area contributed by atoms with Crippen LogP contribution in [0.15, 0.2) is 183 Å². The fourth-order valence-electron chi connectivity index (χ4n) is 9.53. The van der Waals surface area contributed by atoms with Crippen LogP contribution in [-0.4, -0.2) is 92.8 Å². The summed E-state index contributed by atoms with van der Waals surface area (Å²) in [7, 11) is 0. The molecule has 0 saturated carbocycles. The Morgan fingerprint density at radius 1 is 0.732 bits per heavy atom. The number of fused-ring (bicyclic) bond motifs is 4. The monoisotopic (exact) mass is 974 g/mol. The number of nitrogens with one attached hydrogen (secondary N) is 2. The summed E-state index contributed by atoms with van der Waals surface area (Å²) in [4.78, 5) is 54.9. The number of benzene rings is 6. The molecule has 2 aliphatic heterocycles. The number of thioether (sulfide) groups is 1. The summed E-state index contributed by atoms with van der Waals surface area (Å²) < 4.78 is 42.4. The van der Waals surface area contributed by atoms with E-state index >= 15 is 0 Å². The second kappa shape index (κ2) is 22.8. The molecule has 2 heterocycles. The van der Waals surface area contributed by atoms with E-state index in [2.05, 4.69) is 17.2 Å². The minimum atomic E-state index is -1.41. The van der Waals surface area contributed by atoms with E-state index in [1.165, 1.54) is 24.8 Å². The van der Waals surface area contributed by atoms with E-state index in [-0.39, 0.29) is 31.5 Å². The van der Waals surface area contributed by atoms with Crippen LogP contribution in [0.5, 0.6) is 0 Å². The number of amides is 2. The number of hydrogen-bond donors (Lipinski definition) is 2. The molecule has 364 valence electrons. The minimum Gasteiger partial charge on any atom is -0.460 e. The van der Waals surface area contributed by atoms with Crippen LogP contribution in [0.3, 0.4) is 0 Å². The number of esters is 2. The van der Waals surface area contributed by atoms with Gasteiger partial charge in [-0.05, 0) is 38.9 Å². The van der Waals surface area contributed by atoms with Crippen LogP contribution in [0.4, 0.5) is 4.79 Å². The molecule has 0 aromatic heterocycles. The summed E-state index contributed by atoms with van der Waals surface area (Å²) >= 11 is 1.40. The molecule has 9 rings (SSSR count). The fraction of sp³-hybridized carbons (Fsp3) is 0.263. The number of rotatable bonds is 18. The second-order valence-electron chi connectivity index (χ2n) is 17.2. The lowest BCUT2D eigenvalue weighted by atomic mass is 9.84. The molecule has 13 nitrogen and oxygen atoms in total. The van der Waals surface area contributed by atoms with Crippen molar-refractivity contribution in [1.82, 2.24) is 10.6 Å². The number of hydrogen-bond acceptors (Lipinski definition) is 12. The van der Waals surface area contributed by atoms with E-state index in [9.17, 15) is 19.2 Å². The van der Waals surface area contributed by atoms with Gasteiger partial charge in [0, 0.05) is 18.4 Å². The van der Waals surface area contributed by atoms with Crippen molar-refractivity contribution in [2.45, 2.75) is 60.6 Å². The Kier molecular flexibility index (Phi) is 15.7. The van der Waals surface area contributed by atoms with Crippen LogP contribution in [-0.2, 0) is 52.3 Å². The zero-order valence-electron chi connectivity index (χ0n) is 39.0. The topological polar surface area (TPSA) is 157 Å². The van der Waals surface area contributed by atoms with Crippen molar-refractivity contribution in [3.63, 3.8) is 0 Å². The average Bonchev–Trinajstić information content (AvgIpc) is 3.73. The average molecular weight is 975 g/mol. The van der Waals surface area contributed by atoms with Crippen LogP contribution in [0.25, 0.3) is 11.1 Å². The summed E-state index contributed by atoms with van der Waals surface area (Å²) in [5, 5.41) is 5.50. The first-order valence-electron chi connectivity index (χ1n) is 23.5. The molecular weight excluding hydrogens is 921 g/mol. The molecule has 5 unspecified atom stereocenters. The molecule has 0 spiro atoms. The fourth-order valence-corrected chi connectivity index (χ4v) is 10.8. The molecular formula is C57H54N2O11S. The first kappa shape index (κ1) is 48.9. The first-order chi connectivity index (χ1) is 34.7. The summed E-state index contributed by atoms with van der Waals surface area (Å²) in [6.45, 7) is 4.29. The van der Waals surface area contributed by atoms with Gasteiger partial charge < -0.3 is 43.8 Å². The maximum Gasteiger partial charge on any atom is 0.407 e. The summed E-state index contributed by atoms with van der Waals surface area (Å²) in [6.07, 6.45) is -4.76. The third-order valence-electron chi connectivity index (χ3n) is 12.7. The van der Waals surface area contributed by atoms with Gasteiger partial charge in [-0.15, -0.1) is 11.8 Å². The molecule has 0 bridgehead atoms. The van der Waals surface area contributed by atoms with Gasteiger partial charge in [0.25, 0.3) is 0 Å². The van der Waals surface area contributed by atoms with Crippen molar-refractivity contribution in [3.05, 3.63) is 216 Å². The lowest BCUT2D eigenvalue weighted by Crippen LogP contribution is -2.68. The van der Waals surface area contributed by atoms with Crippen LogP contribution in [0.2, 0.25) is 0 Å². The predicted molar refractivity (Wildman–Crippen MR) is 267 cm³/mol. The summed E-state index contributed by atoms with van der Waals surface area (Å²) in [5.41, 5.74) is 7.75. The van der Waals surface area contributed by atoms with E-state index in [0.29, 0.717) is 0 Å². The molecule has 6 aromatic rings. The Labute approximate surface area is 416 Å². The molecule has 6 aromatic carbocycles. The van der Waals surface area contributed by atoms with Crippen LogP contribution in [0.1, 0.15) is 52.5 Å². The van der Waals surface area contributed by atoms with E-state index in [1.807, 2.05) is 170 Å². The molecule has 71 heavy (non-hydrogen) atoms. The van der Waals surface area contributed by atoms with Crippen molar-refractivity contribution in [3.8, 4) is 11.1 Å². The van der Waals surface area contributed by atoms with Gasteiger partial charge in [-0.1, -0.05) is 183 Å². The first-order valence-corrected chi connectivity index (χ1v) is 24.5. The van der Waals surface area contributed by atoms with Gasteiger partial charge in [-0.3, -0.25) is 9.59 Å². The van der Waals surface area contributed by atoms with Crippen LogP contribution < -0.4 is 10.6 Å². The predicted octanol–water partition coefficient (Wildman–Crippen LogP) is 8.62. The number of carbonyl (C=O) groups excluding carboxylic acids is 4. The molecule has 14 heteroatoms. The van der Waals surface area contributed by atoms with Crippen LogP contribution in [0, 0.1) is 0 Å².